The molecule has 0 radical (unpaired) electrons. The van der Waals surface area contributed by atoms with Crippen molar-refractivity contribution in [1.82, 2.24) is 10.2 Å². The second-order valence-electron chi connectivity index (χ2n) is 12.1. The maximum Gasteiger partial charge on any atom is 0.317 e. The highest BCUT2D eigenvalue weighted by molar-refractivity contribution is 5.75. The van der Waals surface area contributed by atoms with Crippen LogP contribution in [0.15, 0.2) is 18.2 Å². The van der Waals surface area contributed by atoms with Crippen LogP contribution in [0.5, 0.6) is 0 Å². The standard InChI is InChI=1S/C29H40N2O3/c1-3-34-25(32)16-23-17-29(24-6-4-5-18(2)26(23)24)7-9-31(10-8-29)28(33)30-27-21-12-19-11-20(14-21)15-22(27)13-19/h4-6,19-23,27H,3,7-17H2,1-2H3,(H,30,33). The van der Waals surface area contributed by atoms with Gasteiger partial charge in [0.25, 0.3) is 0 Å². The quantitative estimate of drug-likeness (QED) is 0.615. The average Bonchev–Trinajstić information content (AvgIpc) is 3.10. The van der Waals surface area contributed by atoms with E-state index in [2.05, 4.69) is 35.3 Å². The molecule has 7 rings (SSSR count). The summed E-state index contributed by atoms with van der Waals surface area (Å²) in [5.41, 5.74) is 4.15. The van der Waals surface area contributed by atoms with Crippen LogP contribution in [0.25, 0.3) is 0 Å². The number of nitrogens with zero attached hydrogens (tertiary/aromatic N) is 1. The van der Waals surface area contributed by atoms with Crippen LogP contribution in [0.4, 0.5) is 4.79 Å². The Balaban J connectivity index is 1.13. The lowest BCUT2D eigenvalue weighted by Crippen LogP contribution is -2.59. The molecule has 1 saturated heterocycles. The number of hydrogen-bond acceptors (Lipinski definition) is 3. The molecule has 2 amide bonds. The monoisotopic (exact) mass is 464 g/mol. The van der Waals surface area contributed by atoms with Crippen LogP contribution in [0.3, 0.4) is 0 Å². The molecular formula is C29H40N2O3. The Kier molecular flexibility index (Phi) is 5.65. The van der Waals surface area contributed by atoms with Crippen molar-refractivity contribution >= 4 is 12.0 Å². The van der Waals surface area contributed by atoms with E-state index in [0.29, 0.717) is 30.9 Å². The van der Waals surface area contributed by atoms with Crippen LogP contribution in [0, 0.1) is 30.6 Å². The highest BCUT2D eigenvalue weighted by Crippen LogP contribution is 2.55. The lowest BCUT2D eigenvalue weighted by atomic mass is 9.54. The third kappa shape index (κ3) is 3.74. The van der Waals surface area contributed by atoms with Crippen molar-refractivity contribution in [2.24, 2.45) is 23.7 Å². The second kappa shape index (κ2) is 8.57. The molecule has 4 bridgehead atoms. The number of hydrogen-bond donors (Lipinski definition) is 1. The largest absolute Gasteiger partial charge is 0.466 e. The third-order valence-electron chi connectivity index (χ3n) is 10.2. The van der Waals surface area contributed by atoms with Crippen molar-refractivity contribution in [1.29, 1.82) is 0 Å². The number of fused-ring (bicyclic) bond motifs is 2. The van der Waals surface area contributed by atoms with Gasteiger partial charge in [-0.25, -0.2) is 4.79 Å². The molecule has 5 heteroatoms. The summed E-state index contributed by atoms with van der Waals surface area (Å²) in [6.45, 7) is 6.09. The van der Waals surface area contributed by atoms with Crippen LogP contribution in [0.2, 0.25) is 0 Å². The lowest BCUT2D eigenvalue weighted by Gasteiger charge is -2.54. The van der Waals surface area contributed by atoms with E-state index in [9.17, 15) is 9.59 Å². The van der Waals surface area contributed by atoms with Crippen LogP contribution in [-0.2, 0) is 14.9 Å². The number of rotatable bonds is 4. The summed E-state index contributed by atoms with van der Waals surface area (Å²) in [4.78, 5) is 27.7. The van der Waals surface area contributed by atoms with Gasteiger partial charge in [-0.05, 0) is 117 Å². The van der Waals surface area contributed by atoms with Crippen molar-refractivity contribution in [3.63, 3.8) is 0 Å². The molecule has 0 aromatic heterocycles. The maximum absolute atomic E-state index is 13.3. The molecule has 6 aliphatic rings. The Morgan fingerprint density at radius 1 is 1.06 bits per heavy atom. The van der Waals surface area contributed by atoms with E-state index in [-0.39, 0.29) is 23.3 Å². The van der Waals surface area contributed by atoms with Gasteiger partial charge in [-0.2, -0.15) is 0 Å². The highest BCUT2D eigenvalue weighted by atomic mass is 16.5. The van der Waals surface area contributed by atoms with Crippen molar-refractivity contribution < 1.29 is 14.3 Å². The normalized spacial score (nSPS) is 34.8. The van der Waals surface area contributed by atoms with Gasteiger partial charge in [0.2, 0.25) is 0 Å². The molecule has 1 atom stereocenters. The molecule has 5 nitrogen and oxygen atoms in total. The minimum Gasteiger partial charge on any atom is -0.466 e. The fourth-order valence-electron chi connectivity index (χ4n) is 8.97. The zero-order chi connectivity index (χ0) is 23.4. The highest BCUT2D eigenvalue weighted by Gasteiger charge is 2.50. The summed E-state index contributed by atoms with van der Waals surface area (Å²) in [6, 6.07) is 7.17. The van der Waals surface area contributed by atoms with Gasteiger partial charge in [0.15, 0.2) is 0 Å². The van der Waals surface area contributed by atoms with Gasteiger partial charge < -0.3 is 15.0 Å². The molecule has 1 aromatic carbocycles. The summed E-state index contributed by atoms with van der Waals surface area (Å²) >= 11 is 0. The smallest absolute Gasteiger partial charge is 0.317 e. The number of urea groups is 1. The van der Waals surface area contributed by atoms with Crippen LogP contribution in [0.1, 0.15) is 87.3 Å². The zero-order valence-electron chi connectivity index (χ0n) is 20.9. The fraction of sp³-hybridized carbons (Fsp3) is 0.724. The van der Waals surface area contributed by atoms with E-state index in [1.807, 2.05) is 6.92 Å². The van der Waals surface area contributed by atoms with E-state index in [4.69, 9.17) is 4.74 Å². The van der Waals surface area contributed by atoms with Crippen molar-refractivity contribution in [3.05, 3.63) is 34.9 Å². The first-order valence-electron chi connectivity index (χ1n) is 13.8. The number of aryl methyl sites for hydroxylation is 1. The number of piperidine rings is 1. The third-order valence-corrected chi connectivity index (χ3v) is 10.2. The van der Waals surface area contributed by atoms with Gasteiger partial charge >= 0.3 is 12.0 Å². The molecule has 5 aliphatic carbocycles. The van der Waals surface area contributed by atoms with E-state index in [0.717, 1.165) is 44.2 Å². The predicted octanol–water partition coefficient (Wildman–Crippen LogP) is 5.30. The Labute approximate surface area is 204 Å². The van der Waals surface area contributed by atoms with Gasteiger partial charge in [-0.1, -0.05) is 18.2 Å². The number of benzene rings is 1. The molecule has 1 aliphatic heterocycles. The number of carbonyl (C=O) groups is 2. The van der Waals surface area contributed by atoms with Gasteiger partial charge in [0.05, 0.1) is 13.0 Å². The summed E-state index contributed by atoms with van der Waals surface area (Å²) in [7, 11) is 0. The molecule has 4 saturated carbocycles. The topological polar surface area (TPSA) is 58.6 Å². The minimum atomic E-state index is -0.0914. The molecule has 1 N–H and O–H groups in total. The van der Waals surface area contributed by atoms with Crippen LogP contribution >= 0.6 is 0 Å². The Hall–Kier alpha value is -2.04. The Morgan fingerprint density at radius 3 is 2.38 bits per heavy atom. The molecule has 1 unspecified atom stereocenters. The Bertz CT molecular complexity index is 936. The SMILES string of the molecule is CCOC(=O)CC1CC2(CCN(C(=O)NC3C4CC5CC(C4)CC3C5)CC2)c2cccc(C)c21. The van der Waals surface area contributed by atoms with E-state index >= 15 is 0 Å². The number of nitrogens with one attached hydrogen (secondary N) is 1. The van der Waals surface area contributed by atoms with Gasteiger partial charge in [-0.15, -0.1) is 0 Å². The number of esters is 1. The first kappa shape index (κ1) is 22.4. The van der Waals surface area contributed by atoms with E-state index < -0.39 is 0 Å². The molecular weight excluding hydrogens is 424 g/mol. The van der Waals surface area contributed by atoms with Gasteiger partial charge in [-0.3, -0.25) is 4.79 Å². The molecule has 5 fully saturated rings. The number of carbonyl (C=O) groups excluding carboxylic acids is 2. The zero-order valence-corrected chi connectivity index (χ0v) is 20.9. The first-order valence-corrected chi connectivity index (χ1v) is 13.8. The first-order chi connectivity index (χ1) is 16.5. The van der Waals surface area contributed by atoms with E-state index in [1.54, 1.807) is 0 Å². The van der Waals surface area contributed by atoms with Crippen LogP contribution in [-0.4, -0.2) is 42.6 Å². The predicted molar refractivity (Wildman–Crippen MR) is 132 cm³/mol. The summed E-state index contributed by atoms with van der Waals surface area (Å²) in [6.07, 6.45) is 10.2. The van der Waals surface area contributed by atoms with Crippen molar-refractivity contribution in [2.75, 3.05) is 19.7 Å². The number of amides is 2. The second-order valence-corrected chi connectivity index (χ2v) is 12.1. The molecule has 1 aromatic rings. The Morgan fingerprint density at radius 2 is 1.74 bits per heavy atom. The summed E-state index contributed by atoms with van der Waals surface area (Å²) in [5.74, 6) is 3.42. The number of ether oxygens (including phenoxy) is 1. The number of likely N-dealkylation sites (tertiary alicyclic amines) is 1. The van der Waals surface area contributed by atoms with Gasteiger partial charge in [0.1, 0.15) is 0 Å². The fourth-order valence-corrected chi connectivity index (χ4v) is 8.97. The minimum absolute atomic E-state index is 0.0813. The molecule has 1 spiro atoms. The molecule has 184 valence electrons. The van der Waals surface area contributed by atoms with E-state index in [1.165, 1.54) is 48.8 Å². The maximum atomic E-state index is 13.3. The van der Waals surface area contributed by atoms with Crippen LogP contribution < -0.4 is 5.32 Å². The lowest BCUT2D eigenvalue weighted by molar-refractivity contribution is -0.143. The molecule has 34 heavy (non-hydrogen) atoms. The van der Waals surface area contributed by atoms with Gasteiger partial charge in [0, 0.05) is 19.1 Å². The van der Waals surface area contributed by atoms with Crippen molar-refractivity contribution in [2.45, 2.75) is 89.0 Å². The van der Waals surface area contributed by atoms with Crippen molar-refractivity contribution in [3.8, 4) is 0 Å². The summed E-state index contributed by atoms with van der Waals surface area (Å²) in [5, 5.41) is 3.51. The average molecular weight is 465 g/mol. The molecule has 1 heterocycles. The summed E-state index contributed by atoms with van der Waals surface area (Å²) < 4.78 is 5.30.